The van der Waals surface area contributed by atoms with Crippen LogP contribution in [0, 0.1) is 0 Å². The fourth-order valence-corrected chi connectivity index (χ4v) is 2.97. The van der Waals surface area contributed by atoms with E-state index in [4.69, 9.17) is 9.47 Å². The Morgan fingerprint density at radius 1 is 0.963 bits per heavy atom. The summed E-state index contributed by atoms with van der Waals surface area (Å²) in [7, 11) is 3.05. The molecule has 138 valence electrons. The second-order valence-electron chi connectivity index (χ2n) is 5.38. The Hall–Kier alpha value is -3.39. The third-order valence-corrected chi connectivity index (χ3v) is 4.41. The van der Waals surface area contributed by atoms with E-state index in [1.54, 1.807) is 55.0 Å². The molecule has 1 aromatic heterocycles. The molecule has 0 saturated carbocycles. The zero-order valence-electron chi connectivity index (χ0n) is 14.7. The molecule has 3 aromatic rings. The Balaban J connectivity index is 1.69. The summed E-state index contributed by atoms with van der Waals surface area (Å²) in [5.74, 6) is 0.392. The van der Waals surface area contributed by atoms with E-state index in [2.05, 4.69) is 15.6 Å². The number of hydrogen-bond acceptors (Lipinski definition) is 6. The van der Waals surface area contributed by atoms with Gasteiger partial charge in [-0.15, -0.1) is 11.3 Å². The number of thiazole rings is 1. The van der Waals surface area contributed by atoms with Crippen LogP contribution in [0.2, 0.25) is 0 Å². The number of aromatic nitrogens is 1. The highest BCUT2D eigenvalue weighted by Crippen LogP contribution is 2.29. The monoisotopic (exact) mass is 383 g/mol. The zero-order valence-corrected chi connectivity index (χ0v) is 15.5. The lowest BCUT2D eigenvalue weighted by molar-refractivity contribution is 0.101. The number of anilines is 2. The molecular weight excluding hydrogens is 366 g/mol. The minimum absolute atomic E-state index is 0.196. The molecule has 0 aliphatic heterocycles. The van der Waals surface area contributed by atoms with Gasteiger partial charge >= 0.3 is 0 Å². The van der Waals surface area contributed by atoms with Crippen LogP contribution in [0.5, 0.6) is 11.5 Å². The first-order valence-electron chi connectivity index (χ1n) is 7.96. The molecule has 2 aromatic carbocycles. The molecule has 3 rings (SSSR count). The Labute approximate surface area is 160 Å². The van der Waals surface area contributed by atoms with Crippen LogP contribution in [-0.2, 0) is 0 Å². The first-order valence-corrected chi connectivity index (χ1v) is 8.84. The topological polar surface area (TPSA) is 89.6 Å². The summed E-state index contributed by atoms with van der Waals surface area (Å²) in [5, 5.41) is 7.34. The number of nitrogens with zero attached hydrogens (tertiary/aromatic N) is 1. The number of amides is 2. The number of hydrogen-bond donors (Lipinski definition) is 2. The van der Waals surface area contributed by atoms with Gasteiger partial charge in [-0.2, -0.15) is 0 Å². The van der Waals surface area contributed by atoms with Crippen LogP contribution in [0.1, 0.15) is 20.8 Å². The van der Waals surface area contributed by atoms with E-state index < -0.39 is 5.91 Å². The van der Waals surface area contributed by atoms with Crippen molar-refractivity contribution in [1.82, 2.24) is 4.98 Å². The van der Waals surface area contributed by atoms with Crippen molar-refractivity contribution in [3.63, 3.8) is 0 Å². The van der Waals surface area contributed by atoms with Gasteiger partial charge in [0.15, 0.2) is 5.13 Å². The number of carbonyl (C=O) groups is 2. The number of methoxy groups -OCH3 is 2. The number of benzene rings is 2. The van der Waals surface area contributed by atoms with E-state index in [-0.39, 0.29) is 11.6 Å². The summed E-state index contributed by atoms with van der Waals surface area (Å²) in [6.07, 6.45) is 0. The maximum atomic E-state index is 12.4. The molecule has 1 heterocycles. The highest BCUT2D eigenvalue weighted by molar-refractivity contribution is 7.14. The van der Waals surface area contributed by atoms with Crippen molar-refractivity contribution in [1.29, 1.82) is 0 Å². The summed E-state index contributed by atoms with van der Waals surface area (Å²) in [6, 6.07) is 13.8. The van der Waals surface area contributed by atoms with Gasteiger partial charge in [-0.25, -0.2) is 4.98 Å². The molecule has 0 fully saturated rings. The predicted octanol–water partition coefficient (Wildman–Crippen LogP) is 3.66. The second-order valence-corrected chi connectivity index (χ2v) is 6.24. The molecule has 0 atom stereocenters. The molecular formula is C19H17N3O4S. The number of carbonyl (C=O) groups excluding carboxylic acids is 2. The number of nitrogens with one attached hydrogen (secondary N) is 2. The van der Waals surface area contributed by atoms with E-state index in [1.807, 2.05) is 6.07 Å². The standard InChI is InChI=1S/C19H17N3O4S/c1-25-13-8-9-14(16(10-13)26-2)20-18(24)15-11-27-19(21-15)22-17(23)12-6-4-3-5-7-12/h3-11H,1-2H3,(H,20,24)(H,21,22,23). The Kier molecular flexibility index (Phi) is 5.68. The van der Waals surface area contributed by atoms with Crippen LogP contribution < -0.4 is 20.1 Å². The highest BCUT2D eigenvalue weighted by atomic mass is 32.1. The van der Waals surface area contributed by atoms with Gasteiger partial charge in [-0.1, -0.05) is 18.2 Å². The average molecular weight is 383 g/mol. The van der Waals surface area contributed by atoms with Gasteiger partial charge in [0.2, 0.25) is 0 Å². The Bertz CT molecular complexity index is 957. The fraction of sp³-hybridized carbons (Fsp3) is 0.105. The molecule has 0 unspecified atom stereocenters. The number of rotatable bonds is 6. The largest absolute Gasteiger partial charge is 0.497 e. The maximum absolute atomic E-state index is 12.4. The third kappa shape index (κ3) is 4.42. The Morgan fingerprint density at radius 3 is 2.44 bits per heavy atom. The molecule has 0 radical (unpaired) electrons. The number of ether oxygens (including phenoxy) is 2. The van der Waals surface area contributed by atoms with E-state index in [9.17, 15) is 9.59 Å². The van der Waals surface area contributed by atoms with Crippen LogP contribution in [0.4, 0.5) is 10.8 Å². The van der Waals surface area contributed by atoms with Crippen molar-refractivity contribution >= 4 is 34.0 Å². The van der Waals surface area contributed by atoms with E-state index in [1.165, 1.54) is 18.4 Å². The molecule has 0 spiro atoms. The zero-order chi connectivity index (χ0) is 19.2. The van der Waals surface area contributed by atoms with Gasteiger partial charge in [-0.05, 0) is 24.3 Å². The van der Waals surface area contributed by atoms with E-state index >= 15 is 0 Å². The van der Waals surface area contributed by atoms with E-state index in [0.717, 1.165) is 0 Å². The molecule has 0 bridgehead atoms. The first kappa shape index (κ1) is 18.4. The highest BCUT2D eigenvalue weighted by Gasteiger charge is 2.15. The smallest absolute Gasteiger partial charge is 0.275 e. The lowest BCUT2D eigenvalue weighted by Crippen LogP contribution is -2.14. The van der Waals surface area contributed by atoms with Crippen molar-refractivity contribution in [3.8, 4) is 11.5 Å². The summed E-state index contributed by atoms with van der Waals surface area (Å²) < 4.78 is 10.4. The molecule has 0 saturated heterocycles. The van der Waals surface area contributed by atoms with E-state index in [0.29, 0.717) is 27.9 Å². The van der Waals surface area contributed by atoms with Gasteiger partial charge in [0.05, 0.1) is 19.9 Å². The van der Waals surface area contributed by atoms with Crippen molar-refractivity contribution in [3.05, 3.63) is 65.2 Å². The second kappa shape index (κ2) is 8.33. The summed E-state index contributed by atoms with van der Waals surface area (Å²) in [6.45, 7) is 0. The van der Waals surface area contributed by atoms with Crippen molar-refractivity contribution in [2.75, 3.05) is 24.9 Å². The van der Waals surface area contributed by atoms with Crippen molar-refractivity contribution in [2.24, 2.45) is 0 Å². The molecule has 2 N–H and O–H groups in total. The summed E-state index contributed by atoms with van der Waals surface area (Å²) in [5.41, 5.74) is 1.20. The minimum Gasteiger partial charge on any atom is -0.497 e. The van der Waals surface area contributed by atoms with Gasteiger partial charge < -0.3 is 14.8 Å². The average Bonchev–Trinajstić information content (AvgIpc) is 3.17. The maximum Gasteiger partial charge on any atom is 0.275 e. The third-order valence-electron chi connectivity index (χ3n) is 3.65. The van der Waals surface area contributed by atoms with Crippen molar-refractivity contribution in [2.45, 2.75) is 0 Å². The van der Waals surface area contributed by atoms with Crippen LogP contribution in [0.15, 0.2) is 53.9 Å². The van der Waals surface area contributed by atoms with Gasteiger partial charge in [-0.3, -0.25) is 14.9 Å². The molecule has 0 aliphatic carbocycles. The minimum atomic E-state index is -0.407. The fourth-order valence-electron chi connectivity index (χ4n) is 2.28. The van der Waals surface area contributed by atoms with Gasteiger partial charge in [0.25, 0.3) is 11.8 Å². The lowest BCUT2D eigenvalue weighted by atomic mass is 10.2. The SMILES string of the molecule is COc1ccc(NC(=O)c2csc(NC(=O)c3ccccc3)n2)c(OC)c1. The van der Waals surface area contributed by atoms with Crippen LogP contribution >= 0.6 is 11.3 Å². The first-order chi connectivity index (χ1) is 13.1. The van der Waals surface area contributed by atoms with Crippen LogP contribution in [-0.4, -0.2) is 31.0 Å². The molecule has 8 heteroatoms. The van der Waals surface area contributed by atoms with Gasteiger partial charge in [0, 0.05) is 17.0 Å². The quantitative estimate of drug-likeness (QED) is 0.678. The molecule has 27 heavy (non-hydrogen) atoms. The molecule has 2 amide bonds. The normalized spacial score (nSPS) is 10.1. The van der Waals surface area contributed by atoms with Crippen molar-refractivity contribution < 1.29 is 19.1 Å². The molecule has 0 aliphatic rings. The van der Waals surface area contributed by atoms with Crippen LogP contribution in [0.3, 0.4) is 0 Å². The summed E-state index contributed by atoms with van der Waals surface area (Å²) >= 11 is 1.17. The van der Waals surface area contributed by atoms with Gasteiger partial charge in [0.1, 0.15) is 17.2 Å². The predicted molar refractivity (Wildman–Crippen MR) is 104 cm³/mol. The lowest BCUT2D eigenvalue weighted by Gasteiger charge is -2.10. The summed E-state index contributed by atoms with van der Waals surface area (Å²) in [4.78, 5) is 28.8. The Morgan fingerprint density at radius 2 is 1.74 bits per heavy atom. The molecule has 7 nitrogen and oxygen atoms in total. The van der Waals surface area contributed by atoms with Crippen LogP contribution in [0.25, 0.3) is 0 Å².